The van der Waals surface area contributed by atoms with E-state index < -0.39 is 0 Å². The van der Waals surface area contributed by atoms with Crippen molar-refractivity contribution in [2.24, 2.45) is 5.92 Å². The predicted molar refractivity (Wildman–Crippen MR) is 83.6 cm³/mol. The van der Waals surface area contributed by atoms with E-state index in [2.05, 4.69) is 42.7 Å². The van der Waals surface area contributed by atoms with E-state index in [0.29, 0.717) is 0 Å². The Hall–Kier alpha value is -1.02. The summed E-state index contributed by atoms with van der Waals surface area (Å²) in [7, 11) is 0. The molecule has 0 aromatic heterocycles. The smallest absolute Gasteiger partial charge is 0.0376 e. The van der Waals surface area contributed by atoms with Crippen LogP contribution >= 0.6 is 0 Å². The van der Waals surface area contributed by atoms with Crippen molar-refractivity contribution in [2.75, 3.05) is 18.4 Å². The summed E-state index contributed by atoms with van der Waals surface area (Å²) >= 11 is 0. The molecule has 1 aliphatic heterocycles. The van der Waals surface area contributed by atoms with Crippen molar-refractivity contribution in [1.29, 1.82) is 0 Å². The molecular weight excluding hydrogens is 232 g/mol. The molecule has 0 bridgehead atoms. The lowest BCUT2D eigenvalue weighted by Gasteiger charge is -2.15. The van der Waals surface area contributed by atoms with Gasteiger partial charge in [0.1, 0.15) is 0 Å². The standard InChI is InChI=1S/C17H28N2/c1-3-5-6-14(4-2)12-18-13-15-7-8-16-9-10-19-17(16)11-15/h7-8,11,14,18-19H,3-6,9-10,12-13H2,1-2H3. The lowest BCUT2D eigenvalue weighted by Crippen LogP contribution is -2.22. The van der Waals surface area contributed by atoms with E-state index in [1.807, 2.05) is 0 Å². The maximum atomic E-state index is 3.63. The molecule has 1 aliphatic rings. The third kappa shape index (κ3) is 4.24. The van der Waals surface area contributed by atoms with Crippen LogP contribution in [0.5, 0.6) is 0 Å². The van der Waals surface area contributed by atoms with Gasteiger partial charge in [-0.3, -0.25) is 0 Å². The summed E-state index contributed by atoms with van der Waals surface area (Å²) in [5.41, 5.74) is 4.22. The first-order valence-corrected chi connectivity index (χ1v) is 7.89. The van der Waals surface area contributed by atoms with E-state index in [1.54, 1.807) is 0 Å². The highest BCUT2D eigenvalue weighted by Crippen LogP contribution is 2.23. The number of unbranched alkanes of at least 4 members (excludes halogenated alkanes) is 1. The molecular formula is C17H28N2. The minimum absolute atomic E-state index is 0.840. The Bertz CT molecular complexity index is 387. The van der Waals surface area contributed by atoms with Gasteiger partial charge < -0.3 is 10.6 Å². The summed E-state index contributed by atoms with van der Waals surface area (Å²) < 4.78 is 0. The summed E-state index contributed by atoms with van der Waals surface area (Å²) in [5.74, 6) is 0.840. The van der Waals surface area contributed by atoms with Crippen molar-refractivity contribution in [3.63, 3.8) is 0 Å². The fraction of sp³-hybridized carbons (Fsp3) is 0.647. The van der Waals surface area contributed by atoms with Crippen LogP contribution in [0.4, 0.5) is 5.69 Å². The van der Waals surface area contributed by atoms with Crippen LogP contribution in [0.2, 0.25) is 0 Å². The van der Waals surface area contributed by atoms with E-state index in [0.717, 1.165) is 25.6 Å². The molecule has 0 fully saturated rings. The highest BCUT2D eigenvalue weighted by molar-refractivity contribution is 5.56. The van der Waals surface area contributed by atoms with Gasteiger partial charge in [-0.15, -0.1) is 0 Å². The summed E-state index contributed by atoms with van der Waals surface area (Å²) in [5, 5.41) is 7.08. The van der Waals surface area contributed by atoms with Gasteiger partial charge in [-0.05, 0) is 42.5 Å². The van der Waals surface area contributed by atoms with Crippen molar-refractivity contribution < 1.29 is 0 Å². The van der Waals surface area contributed by atoms with Crippen molar-refractivity contribution in [3.8, 4) is 0 Å². The molecule has 1 atom stereocenters. The number of rotatable bonds is 8. The third-order valence-corrected chi connectivity index (χ3v) is 4.19. The van der Waals surface area contributed by atoms with E-state index in [4.69, 9.17) is 0 Å². The topological polar surface area (TPSA) is 24.1 Å². The van der Waals surface area contributed by atoms with Crippen LogP contribution < -0.4 is 10.6 Å². The molecule has 2 N–H and O–H groups in total. The Morgan fingerprint density at radius 3 is 3.00 bits per heavy atom. The zero-order valence-corrected chi connectivity index (χ0v) is 12.5. The van der Waals surface area contributed by atoms with Crippen LogP contribution in [0.1, 0.15) is 50.7 Å². The number of hydrogen-bond acceptors (Lipinski definition) is 2. The van der Waals surface area contributed by atoms with E-state index in [1.165, 1.54) is 48.9 Å². The van der Waals surface area contributed by atoms with Gasteiger partial charge in [0.2, 0.25) is 0 Å². The maximum Gasteiger partial charge on any atom is 0.0376 e. The Kier molecular flexibility index (Phi) is 5.71. The number of nitrogens with one attached hydrogen (secondary N) is 2. The lowest BCUT2D eigenvalue weighted by atomic mass is 9.99. The fourth-order valence-electron chi connectivity index (χ4n) is 2.81. The second-order valence-corrected chi connectivity index (χ2v) is 5.72. The molecule has 0 saturated heterocycles. The fourth-order valence-corrected chi connectivity index (χ4v) is 2.81. The van der Waals surface area contributed by atoms with Gasteiger partial charge in [0, 0.05) is 18.8 Å². The highest BCUT2D eigenvalue weighted by Gasteiger charge is 2.10. The zero-order valence-electron chi connectivity index (χ0n) is 12.5. The van der Waals surface area contributed by atoms with E-state index >= 15 is 0 Å². The van der Waals surface area contributed by atoms with Gasteiger partial charge in [0.05, 0.1) is 0 Å². The predicted octanol–water partition coefficient (Wildman–Crippen LogP) is 3.96. The minimum Gasteiger partial charge on any atom is -0.384 e. The second-order valence-electron chi connectivity index (χ2n) is 5.72. The van der Waals surface area contributed by atoms with Gasteiger partial charge in [-0.2, -0.15) is 0 Å². The number of benzene rings is 1. The summed E-state index contributed by atoms with van der Waals surface area (Å²) in [4.78, 5) is 0. The van der Waals surface area contributed by atoms with Gasteiger partial charge in [0.15, 0.2) is 0 Å². The first-order valence-electron chi connectivity index (χ1n) is 7.89. The van der Waals surface area contributed by atoms with Crippen LogP contribution in [0.3, 0.4) is 0 Å². The Labute approximate surface area is 118 Å². The molecule has 19 heavy (non-hydrogen) atoms. The molecule has 0 aliphatic carbocycles. The normalized spacial score (nSPS) is 15.1. The molecule has 2 rings (SSSR count). The minimum atomic E-state index is 0.840. The Balaban J connectivity index is 1.75. The summed E-state index contributed by atoms with van der Waals surface area (Å²) in [6.07, 6.45) is 6.51. The average Bonchev–Trinajstić information content (AvgIpc) is 2.90. The van der Waals surface area contributed by atoms with Gasteiger partial charge in [-0.25, -0.2) is 0 Å². The molecule has 2 nitrogen and oxygen atoms in total. The largest absolute Gasteiger partial charge is 0.384 e. The summed E-state index contributed by atoms with van der Waals surface area (Å²) in [6, 6.07) is 6.86. The SMILES string of the molecule is CCCCC(CC)CNCc1ccc2c(c1)NCC2. The molecule has 1 unspecified atom stereocenters. The van der Waals surface area contributed by atoms with E-state index in [-0.39, 0.29) is 0 Å². The molecule has 0 saturated carbocycles. The molecule has 1 aromatic carbocycles. The first kappa shape index (κ1) is 14.4. The van der Waals surface area contributed by atoms with Crippen molar-refractivity contribution >= 4 is 5.69 Å². The second kappa shape index (κ2) is 7.54. The third-order valence-electron chi connectivity index (χ3n) is 4.19. The number of anilines is 1. The summed E-state index contributed by atoms with van der Waals surface area (Å²) in [6.45, 7) is 7.83. The molecule has 1 heterocycles. The van der Waals surface area contributed by atoms with Gasteiger partial charge in [-0.1, -0.05) is 45.2 Å². The average molecular weight is 260 g/mol. The lowest BCUT2D eigenvalue weighted by molar-refractivity contribution is 0.419. The van der Waals surface area contributed by atoms with E-state index in [9.17, 15) is 0 Å². The quantitative estimate of drug-likeness (QED) is 0.739. The molecule has 2 heteroatoms. The van der Waals surface area contributed by atoms with Gasteiger partial charge in [0.25, 0.3) is 0 Å². The molecule has 1 aromatic rings. The number of hydrogen-bond donors (Lipinski definition) is 2. The first-order chi connectivity index (χ1) is 9.33. The zero-order chi connectivity index (χ0) is 13.5. The van der Waals surface area contributed by atoms with Crippen molar-refractivity contribution in [3.05, 3.63) is 29.3 Å². The number of fused-ring (bicyclic) bond motifs is 1. The Morgan fingerprint density at radius 2 is 2.21 bits per heavy atom. The van der Waals surface area contributed by atoms with Crippen LogP contribution in [-0.2, 0) is 13.0 Å². The van der Waals surface area contributed by atoms with Crippen molar-refractivity contribution in [2.45, 2.75) is 52.5 Å². The molecule has 0 amide bonds. The molecule has 0 spiro atoms. The van der Waals surface area contributed by atoms with Crippen LogP contribution in [0, 0.1) is 5.92 Å². The monoisotopic (exact) mass is 260 g/mol. The highest BCUT2D eigenvalue weighted by atomic mass is 14.9. The Morgan fingerprint density at radius 1 is 1.32 bits per heavy atom. The van der Waals surface area contributed by atoms with Crippen LogP contribution in [0.15, 0.2) is 18.2 Å². The molecule has 106 valence electrons. The maximum absolute atomic E-state index is 3.63. The van der Waals surface area contributed by atoms with Crippen molar-refractivity contribution in [1.82, 2.24) is 5.32 Å². The van der Waals surface area contributed by atoms with Crippen LogP contribution in [0.25, 0.3) is 0 Å². The van der Waals surface area contributed by atoms with Gasteiger partial charge >= 0.3 is 0 Å². The van der Waals surface area contributed by atoms with Crippen LogP contribution in [-0.4, -0.2) is 13.1 Å². The molecule has 0 radical (unpaired) electrons.